The van der Waals surface area contributed by atoms with Crippen LogP contribution in [-0.2, 0) is 9.53 Å². The normalized spacial score (nSPS) is 25.6. The second-order valence-electron chi connectivity index (χ2n) is 5.50. The van der Waals surface area contributed by atoms with Crippen molar-refractivity contribution < 1.29 is 9.53 Å². The van der Waals surface area contributed by atoms with Crippen LogP contribution in [0.5, 0.6) is 0 Å². The second-order valence-corrected chi connectivity index (χ2v) is 5.50. The molecule has 0 heterocycles. The van der Waals surface area contributed by atoms with Crippen LogP contribution in [0.3, 0.4) is 0 Å². The molecule has 2 aliphatic rings. The van der Waals surface area contributed by atoms with Gasteiger partial charge < -0.3 is 10.5 Å². The van der Waals surface area contributed by atoms with Crippen LogP contribution >= 0.6 is 0 Å². The van der Waals surface area contributed by atoms with Gasteiger partial charge >= 0.3 is 5.97 Å². The van der Waals surface area contributed by atoms with Gasteiger partial charge in [-0.3, -0.25) is 4.79 Å². The number of ether oxygens (including phenoxy) is 1. The van der Waals surface area contributed by atoms with Crippen LogP contribution in [0.1, 0.15) is 64.2 Å². The monoisotopic (exact) mass is 225 g/mol. The molecule has 0 amide bonds. The minimum Gasteiger partial charge on any atom is -0.462 e. The summed E-state index contributed by atoms with van der Waals surface area (Å²) in [7, 11) is 0. The standard InChI is InChI=1S/C13H23NO2/c14-13(8-4-5-9-13)10-12(15)16-11-6-2-1-3-7-11/h11H,1-10,14H2. The third-order valence-corrected chi connectivity index (χ3v) is 3.95. The van der Waals surface area contributed by atoms with Crippen LogP contribution in [-0.4, -0.2) is 17.6 Å². The summed E-state index contributed by atoms with van der Waals surface area (Å²) < 4.78 is 5.50. The highest BCUT2D eigenvalue weighted by molar-refractivity contribution is 5.71. The van der Waals surface area contributed by atoms with Crippen molar-refractivity contribution in [2.24, 2.45) is 5.73 Å². The Balaban J connectivity index is 1.74. The maximum atomic E-state index is 11.8. The van der Waals surface area contributed by atoms with Crippen LogP contribution in [0.25, 0.3) is 0 Å². The van der Waals surface area contributed by atoms with Crippen molar-refractivity contribution in [1.29, 1.82) is 0 Å². The lowest BCUT2D eigenvalue weighted by Crippen LogP contribution is -2.40. The minimum absolute atomic E-state index is 0.0729. The SMILES string of the molecule is NC1(CC(=O)OC2CCCCC2)CCCC1. The molecule has 3 nitrogen and oxygen atoms in total. The summed E-state index contributed by atoms with van der Waals surface area (Å²) >= 11 is 0. The van der Waals surface area contributed by atoms with Crippen LogP contribution < -0.4 is 5.73 Å². The van der Waals surface area contributed by atoms with E-state index in [2.05, 4.69) is 0 Å². The summed E-state index contributed by atoms with van der Waals surface area (Å²) in [4.78, 5) is 11.8. The van der Waals surface area contributed by atoms with Gasteiger partial charge in [-0.2, -0.15) is 0 Å². The fourth-order valence-electron chi connectivity index (χ4n) is 2.95. The highest BCUT2D eigenvalue weighted by Gasteiger charge is 2.33. The number of hydrogen-bond donors (Lipinski definition) is 1. The highest BCUT2D eigenvalue weighted by atomic mass is 16.5. The first kappa shape index (κ1) is 11.9. The van der Waals surface area contributed by atoms with Gasteiger partial charge in [0.25, 0.3) is 0 Å². The lowest BCUT2D eigenvalue weighted by Gasteiger charge is -2.26. The van der Waals surface area contributed by atoms with Crippen LogP contribution in [0.4, 0.5) is 0 Å². The van der Waals surface area contributed by atoms with Gasteiger partial charge in [-0.1, -0.05) is 19.3 Å². The molecular weight excluding hydrogens is 202 g/mol. The fraction of sp³-hybridized carbons (Fsp3) is 0.923. The van der Waals surface area contributed by atoms with Crippen molar-refractivity contribution in [1.82, 2.24) is 0 Å². The summed E-state index contributed by atoms with van der Waals surface area (Å²) in [5.74, 6) is -0.0729. The van der Waals surface area contributed by atoms with Crippen LogP contribution in [0.15, 0.2) is 0 Å². The summed E-state index contributed by atoms with van der Waals surface area (Å²) in [5.41, 5.74) is 5.91. The lowest BCUT2D eigenvalue weighted by atomic mass is 9.94. The quantitative estimate of drug-likeness (QED) is 0.751. The van der Waals surface area contributed by atoms with Gasteiger partial charge in [0.2, 0.25) is 0 Å². The van der Waals surface area contributed by atoms with Crippen molar-refractivity contribution in [3.05, 3.63) is 0 Å². The van der Waals surface area contributed by atoms with Gasteiger partial charge in [0, 0.05) is 5.54 Å². The third-order valence-electron chi connectivity index (χ3n) is 3.95. The Labute approximate surface area is 97.7 Å². The number of carbonyl (C=O) groups is 1. The smallest absolute Gasteiger partial charge is 0.307 e. The van der Waals surface area contributed by atoms with Gasteiger partial charge in [0.05, 0.1) is 6.42 Å². The summed E-state index contributed by atoms with van der Waals surface area (Å²) in [6.07, 6.45) is 10.6. The number of nitrogens with two attached hydrogens (primary N) is 1. The molecule has 0 atom stereocenters. The van der Waals surface area contributed by atoms with Crippen molar-refractivity contribution in [3.63, 3.8) is 0 Å². The Bertz CT molecular complexity index is 240. The molecule has 0 aliphatic heterocycles. The average molecular weight is 225 g/mol. The van der Waals surface area contributed by atoms with E-state index in [9.17, 15) is 4.79 Å². The van der Waals surface area contributed by atoms with Gasteiger partial charge in [0.15, 0.2) is 0 Å². The van der Waals surface area contributed by atoms with E-state index in [1.807, 2.05) is 0 Å². The van der Waals surface area contributed by atoms with Crippen molar-refractivity contribution >= 4 is 5.97 Å². The number of rotatable bonds is 3. The predicted molar refractivity (Wildman–Crippen MR) is 63.0 cm³/mol. The summed E-state index contributed by atoms with van der Waals surface area (Å²) in [5, 5.41) is 0. The van der Waals surface area contributed by atoms with Crippen LogP contribution in [0, 0.1) is 0 Å². The molecule has 0 aromatic rings. The van der Waals surface area contributed by atoms with Crippen molar-refractivity contribution in [3.8, 4) is 0 Å². The maximum absolute atomic E-state index is 11.8. The Morgan fingerprint density at radius 1 is 1.12 bits per heavy atom. The molecular formula is C13H23NO2. The van der Waals surface area contributed by atoms with E-state index >= 15 is 0 Å². The number of carbonyl (C=O) groups excluding carboxylic acids is 1. The zero-order valence-corrected chi connectivity index (χ0v) is 10.0. The van der Waals surface area contributed by atoms with Crippen molar-refractivity contribution in [2.75, 3.05) is 0 Å². The molecule has 3 heteroatoms. The molecule has 2 fully saturated rings. The number of esters is 1. The molecule has 0 saturated heterocycles. The molecule has 0 bridgehead atoms. The first-order valence-corrected chi connectivity index (χ1v) is 6.66. The van der Waals surface area contributed by atoms with Crippen molar-refractivity contribution in [2.45, 2.75) is 75.9 Å². The average Bonchev–Trinajstić information content (AvgIpc) is 2.66. The molecule has 0 radical (unpaired) electrons. The molecule has 2 N–H and O–H groups in total. The number of hydrogen-bond acceptors (Lipinski definition) is 3. The zero-order valence-electron chi connectivity index (χ0n) is 10.0. The van der Waals surface area contributed by atoms with E-state index in [-0.39, 0.29) is 17.6 Å². The largest absolute Gasteiger partial charge is 0.462 e. The van der Waals surface area contributed by atoms with E-state index in [1.165, 1.54) is 19.3 Å². The van der Waals surface area contributed by atoms with E-state index in [4.69, 9.17) is 10.5 Å². The molecule has 16 heavy (non-hydrogen) atoms. The summed E-state index contributed by atoms with van der Waals surface area (Å²) in [6, 6.07) is 0. The molecule has 2 aliphatic carbocycles. The maximum Gasteiger partial charge on any atom is 0.307 e. The third kappa shape index (κ3) is 3.21. The van der Waals surface area contributed by atoms with Gasteiger partial charge in [-0.15, -0.1) is 0 Å². The van der Waals surface area contributed by atoms with Gasteiger partial charge in [-0.25, -0.2) is 0 Å². The second kappa shape index (κ2) is 5.17. The van der Waals surface area contributed by atoms with E-state index < -0.39 is 0 Å². The van der Waals surface area contributed by atoms with E-state index in [0.717, 1.165) is 38.5 Å². The molecule has 2 rings (SSSR count). The highest BCUT2D eigenvalue weighted by Crippen LogP contribution is 2.31. The van der Waals surface area contributed by atoms with E-state index in [0.29, 0.717) is 6.42 Å². The minimum atomic E-state index is -0.258. The molecule has 0 spiro atoms. The topological polar surface area (TPSA) is 52.3 Å². The Kier molecular flexibility index (Phi) is 3.85. The van der Waals surface area contributed by atoms with Gasteiger partial charge in [-0.05, 0) is 38.5 Å². The first-order chi connectivity index (χ1) is 7.68. The van der Waals surface area contributed by atoms with E-state index in [1.54, 1.807) is 0 Å². The fourth-order valence-corrected chi connectivity index (χ4v) is 2.95. The Morgan fingerprint density at radius 3 is 2.38 bits per heavy atom. The molecule has 0 aromatic carbocycles. The Morgan fingerprint density at radius 2 is 1.75 bits per heavy atom. The summed E-state index contributed by atoms with van der Waals surface area (Å²) in [6.45, 7) is 0. The lowest BCUT2D eigenvalue weighted by molar-refractivity contribution is -0.151. The Hall–Kier alpha value is -0.570. The molecule has 2 saturated carbocycles. The molecule has 92 valence electrons. The molecule has 0 unspecified atom stereocenters. The molecule has 0 aromatic heterocycles. The van der Waals surface area contributed by atoms with Crippen LogP contribution in [0.2, 0.25) is 0 Å². The zero-order chi connectivity index (χ0) is 11.4. The first-order valence-electron chi connectivity index (χ1n) is 6.66. The van der Waals surface area contributed by atoms with Gasteiger partial charge in [0.1, 0.15) is 6.10 Å². The predicted octanol–water partition coefficient (Wildman–Crippen LogP) is 2.52.